The summed E-state index contributed by atoms with van der Waals surface area (Å²) >= 11 is 10.9. The maximum Gasteiger partial charge on any atom is 0.321 e. The molecule has 106 valence electrons. The molecule has 0 aromatic heterocycles. The summed E-state index contributed by atoms with van der Waals surface area (Å²) in [5, 5.41) is 0. The second kappa shape index (κ2) is 11.6. The average molecular weight is 299 g/mol. The van der Waals surface area contributed by atoms with E-state index in [1.807, 2.05) is 0 Å². The van der Waals surface area contributed by atoms with E-state index < -0.39 is 18.0 Å². The maximum atomic E-state index is 11.4. The average Bonchev–Trinajstić information content (AvgIpc) is 2.37. The zero-order chi connectivity index (χ0) is 13.8. The number of halogens is 2. The summed E-state index contributed by atoms with van der Waals surface area (Å²) in [6, 6.07) is 0. The highest BCUT2D eigenvalue weighted by atomic mass is 35.5. The largest absolute Gasteiger partial charge is 0.466 e. The molecule has 0 heterocycles. The van der Waals surface area contributed by atoms with Gasteiger partial charge in [-0.1, -0.05) is 26.2 Å². The first kappa shape index (κ1) is 17.5. The lowest BCUT2D eigenvalue weighted by Crippen LogP contribution is -2.25. The third-order valence-corrected chi connectivity index (χ3v) is 2.80. The van der Waals surface area contributed by atoms with Crippen LogP contribution < -0.4 is 0 Å². The monoisotopic (exact) mass is 298 g/mol. The van der Waals surface area contributed by atoms with Gasteiger partial charge in [-0.3, -0.25) is 9.59 Å². The van der Waals surface area contributed by atoms with Crippen molar-refractivity contribution < 1.29 is 19.1 Å². The van der Waals surface area contributed by atoms with Crippen molar-refractivity contribution >= 4 is 35.1 Å². The van der Waals surface area contributed by atoms with Gasteiger partial charge in [-0.2, -0.15) is 0 Å². The van der Waals surface area contributed by atoms with Crippen LogP contribution in [-0.4, -0.2) is 36.4 Å². The van der Waals surface area contributed by atoms with Gasteiger partial charge in [0.15, 0.2) is 0 Å². The smallest absolute Gasteiger partial charge is 0.321 e. The fourth-order valence-electron chi connectivity index (χ4n) is 1.30. The normalized spacial score (nSPS) is 11.9. The van der Waals surface area contributed by atoms with Crippen LogP contribution in [0.15, 0.2) is 0 Å². The van der Waals surface area contributed by atoms with E-state index in [4.69, 9.17) is 32.7 Å². The molecular formula is C12H20Cl2O4. The molecule has 4 nitrogen and oxygen atoms in total. The molecule has 0 fully saturated rings. The number of rotatable bonds is 10. The Bertz CT molecular complexity index is 246. The Morgan fingerprint density at radius 1 is 1.11 bits per heavy atom. The summed E-state index contributed by atoms with van der Waals surface area (Å²) in [4.78, 5) is 22.3. The zero-order valence-electron chi connectivity index (χ0n) is 10.6. The molecule has 0 amide bonds. The van der Waals surface area contributed by atoms with Gasteiger partial charge in [0.1, 0.15) is 12.0 Å². The Balaban J connectivity index is 3.72. The van der Waals surface area contributed by atoms with E-state index in [1.165, 1.54) is 0 Å². The highest BCUT2D eigenvalue weighted by Crippen LogP contribution is 2.06. The van der Waals surface area contributed by atoms with Gasteiger partial charge in [0.25, 0.3) is 0 Å². The minimum Gasteiger partial charge on any atom is -0.466 e. The summed E-state index contributed by atoms with van der Waals surface area (Å²) in [6.07, 6.45) is 3.48. The van der Waals surface area contributed by atoms with Crippen LogP contribution >= 0.6 is 23.2 Å². The van der Waals surface area contributed by atoms with Gasteiger partial charge < -0.3 is 9.47 Å². The Hall–Kier alpha value is -0.480. The van der Waals surface area contributed by atoms with Gasteiger partial charge in [0.05, 0.1) is 18.9 Å². The van der Waals surface area contributed by atoms with Crippen LogP contribution in [0.25, 0.3) is 0 Å². The van der Waals surface area contributed by atoms with Crippen LogP contribution in [0, 0.1) is 0 Å². The summed E-state index contributed by atoms with van der Waals surface area (Å²) in [7, 11) is 0. The van der Waals surface area contributed by atoms with E-state index >= 15 is 0 Å². The summed E-state index contributed by atoms with van der Waals surface area (Å²) in [6.45, 7) is 2.51. The minimum atomic E-state index is -0.666. The summed E-state index contributed by atoms with van der Waals surface area (Å²) in [5.74, 6) is -1.19. The molecular weight excluding hydrogens is 279 g/mol. The SMILES string of the molecule is CCCCCCOC(=O)CC(CCl)OC(=O)CCl. The van der Waals surface area contributed by atoms with Crippen LogP contribution in [0.4, 0.5) is 0 Å². The van der Waals surface area contributed by atoms with Crippen LogP contribution in [0.3, 0.4) is 0 Å². The van der Waals surface area contributed by atoms with Crippen LogP contribution in [-0.2, 0) is 19.1 Å². The van der Waals surface area contributed by atoms with E-state index in [1.54, 1.807) is 0 Å². The van der Waals surface area contributed by atoms with Crippen molar-refractivity contribution in [3.05, 3.63) is 0 Å². The van der Waals surface area contributed by atoms with E-state index in [0.717, 1.165) is 25.7 Å². The highest BCUT2D eigenvalue weighted by Gasteiger charge is 2.17. The number of hydrogen-bond acceptors (Lipinski definition) is 4. The molecule has 0 aliphatic carbocycles. The fourth-order valence-corrected chi connectivity index (χ4v) is 1.54. The highest BCUT2D eigenvalue weighted by molar-refractivity contribution is 6.26. The predicted octanol–water partition coefficient (Wildman–Crippen LogP) is 2.89. The van der Waals surface area contributed by atoms with Gasteiger partial charge in [-0.25, -0.2) is 0 Å². The lowest BCUT2D eigenvalue weighted by atomic mass is 10.2. The Morgan fingerprint density at radius 3 is 2.39 bits per heavy atom. The molecule has 0 saturated carbocycles. The van der Waals surface area contributed by atoms with Crippen molar-refractivity contribution in [3.8, 4) is 0 Å². The molecule has 0 aromatic carbocycles. The number of carbonyl (C=O) groups is 2. The summed E-state index contributed by atoms with van der Waals surface area (Å²) < 4.78 is 9.87. The van der Waals surface area contributed by atoms with Crippen LogP contribution in [0.1, 0.15) is 39.0 Å². The third kappa shape index (κ3) is 9.54. The molecule has 0 N–H and O–H groups in total. The molecule has 0 bridgehead atoms. The van der Waals surface area contributed by atoms with Crippen molar-refractivity contribution in [1.82, 2.24) is 0 Å². The number of carbonyl (C=O) groups excluding carboxylic acids is 2. The van der Waals surface area contributed by atoms with Gasteiger partial charge in [0, 0.05) is 0 Å². The van der Waals surface area contributed by atoms with Crippen LogP contribution in [0.2, 0.25) is 0 Å². The van der Waals surface area contributed by atoms with Crippen molar-refractivity contribution in [1.29, 1.82) is 0 Å². The molecule has 6 heteroatoms. The standard InChI is InChI=1S/C12H20Cl2O4/c1-2-3-4-5-6-17-11(15)7-10(8-13)18-12(16)9-14/h10H,2-9H2,1H3. The van der Waals surface area contributed by atoms with Crippen molar-refractivity contribution in [2.24, 2.45) is 0 Å². The first-order valence-electron chi connectivity index (χ1n) is 6.11. The molecule has 18 heavy (non-hydrogen) atoms. The fraction of sp³-hybridized carbons (Fsp3) is 0.833. The van der Waals surface area contributed by atoms with E-state index in [2.05, 4.69) is 6.92 Å². The van der Waals surface area contributed by atoms with Crippen molar-refractivity contribution in [2.75, 3.05) is 18.4 Å². The molecule has 0 rings (SSSR count). The summed E-state index contributed by atoms with van der Waals surface area (Å²) in [5.41, 5.74) is 0. The Labute approximate surface area is 118 Å². The molecule has 1 atom stereocenters. The van der Waals surface area contributed by atoms with E-state index in [-0.39, 0.29) is 18.2 Å². The van der Waals surface area contributed by atoms with Gasteiger partial charge in [0.2, 0.25) is 0 Å². The first-order valence-corrected chi connectivity index (χ1v) is 7.18. The number of unbranched alkanes of at least 4 members (excludes halogenated alkanes) is 3. The van der Waals surface area contributed by atoms with Gasteiger partial charge >= 0.3 is 11.9 Å². The number of alkyl halides is 2. The Kier molecular flexibility index (Phi) is 11.3. The molecule has 1 unspecified atom stereocenters. The second-order valence-electron chi connectivity index (χ2n) is 3.89. The van der Waals surface area contributed by atoms with Crippen molar-refractivity contribution in [2.45, 2.75) is 45.1 Å². The van der Waals surface area contributed by atoms with Gasteiger partial charge in [-0.05, 0) is 6.42 Å². The second-order valence-corrected chi connectivity index (χ2v) is 4.46. The number of ether oxygens (including phenoxy) is 2. The van der Waals surface area contributed by atoms with Gasteiger partial charge in [-0.15, -0.1) is 23.2 Å². The number of hydrogen-bond donors (Lipinski definition) is 0. The quantitative estimate of drug-likeness (QED) is 0.353. The van der Waals surface area contributed by atoms with Crippen LogP contribution in [0.5, 0.6) is 0 Å². The molecule has 0 spiro atoms. The lowest BCUT2D eigenvalue weighted by molar-refractivity contribution is -0.152. The topological polar surface area (TPSA) is 52.6 Å². The lowest BCUT2D eigenvalue weighted by Gasteiger charge is -2.13. The molecule has 0 aliphatic rings. The third-order valence-electron chi connectivity index (χ3n) is 2.23. The molecule has 0 radical (unpaired) electrons. The molecule has 0 aliphatic heterocycles. The zero-order valence-corrected chi connectivity index (χ0v) is 12.1. The van der Waals surface area contributed by atoms with E-state index in [0.29, 0.717) is 6.61 Å². The first-order chi connectivity index (χ1) is 8.63. The molecule has 0 saturated heterocycles. The maximum absolute atomic E-state index is 11.4. The Morgan fingerprint density at radius 2 is 1.83 bits per heavy atom. The molecule has 0 aromatic rings. The van der Waals surface area contributed by atoms with E-state index in [9.17, 15) is 9.59 Å². The predicted molar refractivity (Wildman–Crippen MR) is 71.0 cm³/mol. The minimum absolute atomic E-state index is 0.0279. The van der Waals surface area contributed by atoms with Crippen molar-refractivity contribution in [3.63, 3.8) is 0 Å². The number of esters is 2.